The fourth-order valence-electron chi connectivity index (χ4n) is 2.14. The zero-order valence-electron chi connectivity index (χ0n) is 13.4. The average molecular weight is 338 g/mol. The number of H-pyrrole nitrogens is 1. The van der Waals surface area contributed by atoms with Gasteiger partial charge in [-0.3, -0.25) is 9.78 Å². The number of nitrogens with one attached hydrogen (secondary N) is 2. The predicted octanol–water partition coefficient (Wildman–Crippen LogP) is 3.03. The summed E-state index contributed by atoms with van der Waals surface area (Å²) in [5.41, 5.74) is 4.35. The molecule has 0 amide bonds. The van der Waals surface area contributed by atoms with E-state index in [0.29, 0.717) is 11.3 Å². The molecule has 3 rings (SSSR count). The maximum absolute atomic E-state index is 12.9. The molecule has 0 saturated heterocycles. The summed E-state index contributed by atoms with van der Waals surface area (Å²) in [6.45, 7) is 0. The van der Waals surface area contributed by atoms with Crippen molar-refractivity contribution in [3.8, 4) is 17.0 Å². The highest BCUT2D eigenvalue weighted by atomic mass is 19.1. The second kappa shape index (κ2) is 7.39. The maximum Gasteiger partial charge on any atom is 0.252 e. The Kier molecular flexibility index (Phi) is 4.84. The minimum Gasteiger partial charge on any atom is -0.497 e. The molecule has 25 heavy (non-hydrogen) atoms. The van der Waals surface area contributed by atoms with Crippen molar-refractivity contribution >= 4 is 12.2 Å². The first kappa shape index (κ1) is 16.4. The highest BCUT2D eigenvalue weighted by Crippen LogP contribution is 2.20. The fraction of sp³-hybridized carbons (Fsp3) is 0.0556. The van der Waals surface area contributed by atoms with E-state index in [0.717, 1.165) is 11.3 Å². The van der Waals surface area contributed by atoms with Crippen molar-refractivity contribution in [2.45, 2.75) is 0 Å². The Morgan fingerprint density at radius 3 is 2.56 bits per heavy atom. The molecule has 7 heteroatoms. The summed E-state index contributed by atoms with van der Waals surface area (Å²) >= 11 is 0. The molecule has 0 spiro atoms. The van der Waals surface area contributed by atoms with E-state index in [-0.39, 0.29) is 17.3 Å². The molecule has 0 bridgehead atoms. The topological polar surface area (TPSA) is 79.4 Å². The van der Waals surface area contributed by atoms with E-state index in [2.05, 4.69) is 20.5 Å². The fourth-order valence-corrected chi connectivity index (χ4v) is 2.14. The van der Waals surface area contributed by atoms with Gasteiger partial charge >= 0.3 is 0 Å². The maximum atomic E-state index is 12.9. The van der Waals surface area contributed by atoms with Crippen LogP contribution in [-0.4, -0.2) is 23.3 Å². The van der Waals surface area contributed by atoms with Crippen molar-refractivity contribution in [2.24, 2.45) is 5.10 Å². The van der Waals surface area contributed by atoms with Crippen molar-refractivity contribution in [2.75, 3.05) is 12.5 Å². The van der Waals surface area contributed by atoms with E-state index >= 15 is 0 Å². The normalized spacial score (nSPS) is 10.8. The van der Waals surface area contributed by atoms with E-state index in [1.165, 1.54) is 24.4 Å². The molecule has 0 saturated carbocycles. The molecular formula is C18H15FN4O2. The lowest BCUT2D eigenvalue weighted by Crippen LogP contribution is -2.10. The van der Waals surface area contributed by atoms with Crippen LogP contribution in [-0.2, 0) is 0 Å². The van der Waals surface area contributed by atoms with Crippen LogP contribution in [0.4, 0.5) is 10.3 Å². The van der Waals surface area contributed by atoms with E-state index in [1.54, 1.807) is 31.4 Å². The molecule has 0 aliphatic rings. The zero-order valence-corrected chi connectivity index (χ0v) is 13.4. The first-order chi connectivity index (χ1) is 12.1. The Morgan fingerprint density at radius 1 is 1.16 bits per heavy atom. The van der Waals surface area contributed by atoms with Gasteiger partial charge in [0, 0.05) is 11.6 Å². The van der Waals surface area contributed by atoms with Gasteiger partial charge in [-0.2, -0.15) is 5.10 Å². The molecule has 2 aromatic carbocycles. The molecular weight excluding hydrogens is 323 g/mol. The largest absolute Gasteiger partial charge is 0.497 e. The van der Waals surface area contributed by atoms with Crippen molar-refractivity contribution in [3.63, 3.8) is 0 Å². The van der Waals surface area contributed by atoms with Crippen LogP contribution in [0.25, 0.3) is 11.3 Å². The van der Waals surface area contributed by atoms with Crippen molar-refractivity contribution < 1.29 is 9.13 Å². The number of benzene rings is 2. The number of anilines is 1. The van der Waals surface area contributed by atoms with Crippen molar-refractivity contribution in [1.82, 2.24) is 9.97 Å². The first-order valence-electron chi connectivity index (χ1n) is 7.44. The number of methoxy groups -OCH3 is 1. The van der Waals surface area contributed by atoms with E-state index < -0.39 is 0 Å². The SMILES string of the molecule is COc1ccc(-c2cc(=O)[nH]c(N/N=C\c3ccc(F)cc3)n2)cc1. The van der Waals surface area contributed by atoms with Crippen LogP contribution in [0.2, 0.25) is 0 Å². The number of rotatable bonds is 5. The summed E-state index contributed by atoms with van der Waals surface area (Å²) in [6, 6.07) is 14.5. The number of hydrogen-bond donors (Lipinski definition) is 2. The highest BCUT2D eigenvalue weighted by Gasteiger charge is 2.04. The summed E-state index contributed by atoms with van der Waals surface area (Å²) in [5.74, 6) is 0.607. The molecule has 0 atom stereocenters. The molecule has 0 aliphatic heterocycles. The molecule has 0 unspecified atom stereocenters. The van der Waals surface area contributed by atoms with Crippen LogP contribution >= 0.6 is 0 Å². The Hall–Kier alpha value is -3.48. The number of aromatic nitrogens is 2. The molecule has 126 valence electrons. The third-order valence-corrected chi connectivity index (χ3v) is 3.38. The van der Waals surface area contributed by atoms with Gasteiger partial charge in [0.25, 0.3) is 5.56 Å². The monoisotopic (exact) mass is 338 g/mol. The highest BCUT2D eigenvalue weighted by molar-refractivity contribution is 5.79. The van der Waals surface area contributed by atoms with Crippen LogP contribution in [0.3, 0.4) is 0 Å². The minimum absolute atomic E-state index is 0.205. The summed E-state index contributed by atoms with van der Waals surface area (Å²) < 4.78 is 18.0. The van der Waals surface area contributed by atoms with Crippen LogP contribution < -0.4 is 15.7 Å². The van der Waals surface area contributed by atoms with Gasteiger partial charge < -0.3 is 4.74 Å². The van der Waals surface area contributed by atoms with Crippen LogP contribution in [0.1, 0.15) is 5.56 Å². The Balaban J connectivity index is 1.79. The number of aromatic amines is 1. The van der Waals surface area contributed by atoms with Crippen molar-refractivity contribution in [3.05, 3.63) is 76.3 Å². The van der Waals surface area contributed by atoms with Crippen LogP contribution in [0.15, 0.2) is 64.5 Å². The van der Waals surface area contributed by atoms with Gasteiger partial charge in [0.15, 0.2) is 0 Å². The first-order valence-corrected chi connectivity index (χ1v) is 7.44. The number of halogens is 1. The second-order valence-electron chi connectivity index (χ2n) is 5.13. The Bertz CT molecular complexity index is 935. The molecule has 0 fully saturated rings. The molecule has 3 aromatic rings. The molecule has 1 aromatic heterocycles. The minimum atomic E-state index is -0.316. The van der Waals surface area contributed by atoms with Gasteiger partial charge in [0.1, 0.15) is 11.6 Å². The van der Waals surface area contributed by atoms with Gasteiger partial charge in [-0.1, -0.05) is 12.1 Å². The quantitative estimate of drug-likeness (QED) is 0.554. The summed E-state index contributed by atoms with van der Waals surface area (Å²) in [6.07, 6.45) is 1.50. The van der Waals surface area contributed by atoms with Gasteiger partial charge in [0.05, 0.1) is 19.0 Å². The van der Waals surface area contributed by atoms with Crippen LogP contribution in [0.5, 0.6) is 5.75 Å². The number of hydrazone groups is 1. The Labute approximate surface area is 143 Å². The Morgan fingerprint density at radius 2 is 1.88 bits per heavy atom. The number of nitrogens with zero attached hydrogens (tertiary/aromatic N) is 2. The molecule has 2 N–H and O–H groups in total. The average Bonchev–Trinajstić information content (AvgIpc) is 2.63. The zero-order chi connectivity index (χ0) is 17.6. The van der Waals surface area contributed by atoms with Gasteiger partial charge in [-0.15, -0.1) is 0 Å². The van der Waals surface area contributed by atoms with Gasteiger partial charge in [0.2, 0.25) is 5.95 Å². The van der Waals surface area contributed by atoms with Crippen molar-refractivity contribution in [1.29, 1.82) is 0 Å². The predicted molar refractivity (Wildman–Crippen MR) is 94.5 cm³/mol. The second-order valence-corrected chi connectivity index (χ2v) is 5.13. The standard InChI is InChI=1S/C18H15FN4O2/c1-25-15-8-4-13(5-9-15)16-10-17(24)22-18(21-16)23-20-11-12-2-6-14(19)7-3-12/h2-11H,1H3,(H2,21,22,23,24)/b20-11-. The number of hydrogen-bond acceptors (Lipinski definition) is 5. The lowest BCUT2D eigenvalue weighted by molar-refractivity contribution is 0.415. The smallest absolute Gasteiger partial charge is 0.252 e. The number of ether oxygens (including phenoxy) is 1. The summed E-state index contributed by atoms with van der Waals surface area (Å²) in [4.78, 5) is 18.7. The lowest BCUT2D eigenvalue weighted by Gasteiger charge is -2.05. The van der Waals surface area contributed by atoms with Crippen LogP contribution in [0, 0.1) is 5.82 Å². The summed E-state index contributed by atoms with van der Waals surface area (Å²) in [7, 11) is 1.58. The van der Waals surface area contributed by atoms with E-state index in [9.17, 15) is 9.18 Å². The van der Waals surface area contributed by atoms with Gasteiger partial charge in [-0.25, -0.2) is 14.8 Å². The third kappa shape index (κ3) is 4.29. The van der Waals surface area contributed by atoms with E-state index in [1.807, 2.05) is 12.1 Å². The molecule has 0 aliphatic carbocycles. The summed E-state index contributed by atoms with van der Waals surface area (Å²) in [5, 5.41) is 3.99. The molecule has 1 heterocycles. The third-order valence-electron chi connectivity index (χ3n) is 3.38. The molecule has 6 nitrogen and oxygen atoms in total. The van der Waals surface area contributed by atoms with Gasteiger partial charge in [-0.05, 0) is 42.0 Å². The molecule has 0 radical (unpaired) electrons. The lowest BCUT2D eigenvalue weighted by atomic mass is 10.1. The van der Waals surface area contributed by atoms with E-state index in [4.69, 9.17) is 4.74 Å².